The molecule has 1 aliphatic heterocycles. The first-order valence-corrected chi connectivity index (χ1v) is 11.2. The van der Waals surface area contributed by atoms with Crippen LogP contribution in [0, 0.1) is 34.5 Å². The molecular formula is C22H44N4O. The van der Waals surface area contributed by atoms with Crippen molar-refractivity contribution >= 4 is 0 Å². The molecule has 2 unspecified atom stereocenters. The van der Waals surface area contributed by atoms with Gasteiger partial charge in [-0.15, -0.1) is 0 Å². The highest BCUT2D eigenvalue weighted by Gasteiger charge is 2.55. The van der Waals surface area contributed by atoms with Crippen molar-refractivity contribution in [3.05, 3.63) is 0 Å². The van der Waals surface area contributed by atoms with Gasteiger partial charge in [-0.05, 0) is 67.4 Å². The Morgan fingerprint density at radius 3 is 2.44 bits per heavy atom. The van der Waals surface area contributed by atoms with Crippen molar-refractivity contribution in [1.29, 1.82) is 0 Å². The van der Waals surface area contributed by atoms with Gasteiger partial charge in [-0.2, -0.15) is 0 Å². The average Bonchev–Trinajstić information content (AvgIpc) is 2.60. The van der Waals surface area contributed by atoms with E-state index >= 15 is 0 Å². The molecule has 2 aliphatic carbocycles. The predicted molar refractivity (Wildman–Crippen MR) is 112 cm³/mol. The molecule has 1 heterocycles. The summed E-state index contributed by atoms with van der Waals surface area (Å²) < 4.78 is 0. The Labute approximate surface area is 167 Å². The second-order valence-corrected chi connectivity index (χ2v) is 10.7. The van der Waals surface area contributed by atoms with E-state index in [0.717, 1.165) is 45.2 Å². The molecule has 1 saturated heterocycles. The SMILES string of the molecule is C[C@@H]1[C@H](CNC(O)N2CCN(C)CC2)CC2C(C)(C)CCC[C@]2(C)[C@H]1CN. The summed E-state index contributed by atoms with van der Waals surface area (Å²) in [5.41, 5.74) is 7.12. The zero-order valence-electron chi connectivity index (χ0n) is 18.4. The Kier molecular flexibility index (Phi) is 6.59. The van der Waals surface area contributed by atoms with E-state index in [9.17, 15) is 5.11 Å². The monoisotopic (exact) mass is 380 g/mol. The van der Waals surface area contributed by atoms with Gasteiger partial charge in [0, 0.05) is 32.7 Å². The van der Waals surface area contributed by atoms with Crippen LogP contribution in [0.2, 0.25) is 0 Å². The summed E-state index contributed by atoms with van der Waals surface area (Å²) in [6.45, 7) is 15.5. The number of aliphatic hydroxyl groups excluding tert-OH is 1. The fourth-order valence-corrected chi connectivity index (χ4v) is 6.85. The maximum atomic E-state index is 10.7. The molecule has 27 heavy (non-hydrogen) atoms. The Morgan fingerprint density at radius 2 is 1.81 bits per heavy atom. The number of piperazine rings is 1. The Balaban J connectivity index is 1.65. The number of hydrogen-bond donors (Lipinski definition) is 3. The van der Waals surface area contributed by atoms with Gasteiger partial charge in [0.05, 0.1) is 0 Å². The summed E-state index contributed by atoms with van der Waals surface area (Å²) in [6.07, 6.45) is 4.76. The third kappa shape index (κ3) is 4.23. The standard InChI is InChI=1S/C22H44N4O/c1-16-17(15-24-20(27)26-11-9-25(5)10-12-26)13-19-21(2,3)7-6-8-22(19,4)18(16)14-23/h16-20,24,27H,6-15,23H2,1-5H3/t16-,17+,18+,19?,20?,22-/m1/s1. The largest absolute Gasteiger partial charge is 0.365 e. The summed E-state index contributed by atoms with van der Waals surface area (Å²) in [7, 11) is 2.15. The van der Waals surface area contributed by atoms with E-state index in [1.807, 2.05) is 0 Å². The first kappa shape index (κ1) is 21.5. The van der Waals surface area contributed by atoms with Crippen molar-refractivity contribution in [3.8, 4) is 0 Å². The van der Waals surface area contributed by atoms with E-state index in [1.165, 1.54) is 25.7 Å². The quantitative estimate of drug-likeness (QED) is 0.638. The Hall–Kier alpha value is -0.200. The number of aliphatic hydroxyl groups is 1. The molecule has 0 aromatic heterocycles. The molecule has 0 spiro atoms. The van der Waals surface area contributed by atoms with Gasteiger partial charge in [0.25, 0.3) is 0 Å². The molecule has 4 N–H and O–H groups in total. The number of nitrogens with two attached hydrogens (primary N) is 1. The number of hydrogen-bond acceptors (Lipinski definition) is 5. The van der Waals surface area contributed by atoms with E-state index in [1.54, 1.807) is 0 Å². The van der Waals surface area contributed by atoms with Gasteiger partial charge in [-0.1, -0.05) is 34.1 Å². The van der Waals surface area contributed by atoms with Gasteiger partial charge in [0.1, 0.15) is 0 Å². The highest BCUT2D eigenvalue weighted by Crippen LogP contribution is 2.61. The zero-order valence-corrected chi connectivity index (χ0v) is 18.4. The van der Waals surface area contributed by atoms with E-state index in [0.29, 0.717) is 28.6 Å². The van der Waals surface area contributed by atoms with Gasteiger partial charge in [0.2, 0.25) is 0 Å². The molecule has 0 bridgehead atoms. The van der Waals surface area contributed by atoms with Crippen LogP contribution in [0.1, 0.15) is 53.4 Å². The van der Waals surface area contributed by atoms with Crippen LogP contribution in [0.4, 0.5) is 0 Å². The summed E-state index contributed by atoms with van der Waals surface area (Å²) in [5, 5.41) is 14.1. The normalized spacial score (nSPS) is 41.9. The maximum absolute atomic E-state index is 10.7. The number of nitrogens with one attached hydrogen (secondary N) is 1. The van der Waals surface area contributed by atoms with Crippen LogP contribution in [-0.4, -0.2) is 67.6 Å². The van der Waals surface area contributed by atoms with Gasteiger partial charge in [-0.3, -0.25) is 10.2 Å². The molecule has 6 atom stereocenters. The molecule has 0 radical (unpaired) electrons. The number of fused-ring (bicyclic) bond motifs is 1. The molecule has 2 saturated carbocycles. The first-order chi connectivity index (χ1) is 12.7. The summed E-state index contributed by atoms with van der Waals surface area (Å²) >= 11 is 0. The molecule has 3 fully saturated rings. The minimum atomic E-state index is -0.519. The second-order valence-electron chi connectivity index (χ2n) is 10.7. The van der Waals surface area contributed by atoms with Crippen LogP contribution in [0.5, 0.6) is 0 Å². The van der Waals surface area contributed by atoms with Gasteiger partial charge < -0.3 is 15.7 Å². The van der Waals surface area contributed by atoms with Crippen LogP contribution in [0.15, 0.2) is 0 Å². The van der Waals surface area contributed by atoms with Crippen molar-refractivity contribution < 1.29 is 5.11 Å². The second kappa shape index (κ2) is 8.27. The summed E-state index contributed by atoms with van der Waals surface area (Å²) in [6, 6.07) is 0. The number of nitrogens with zero attached hydrogens (tertiary/aromatic N) is 2. The van der Waals surface area contributed by atoms with Crippen molar-refractivity contribution in [2.45, 2.75) is 59.7 Å². The topological polar surface area (TPSA) is 64.8 Å². The predicted octanol–water partition coefficient (Wildman–Crippen LogP) is 2.16. The van der Waals surface area contributed by atoms with Crippen LogP contribution in [0.25, 0.3) is 0 Å². The zero-order chi connectivity index (χ0) is 19.8. The van der Waals surface area contributed by atoms with Gasteiger partial charge in [-0.25, -0.2) is 0 Å². The van der Waals surface area contributed by atoms with Crippen molar-refractivity contribution in [2.24, 2.45) is 40.2 Å². The Morgan fingerprint density at radius 1 is 1.15 bits per heavy atom. The lowest BCUT2D eigenvalue weighted by atomic mass is 9.45. The fourth-order valence-electron chi connectivity index (χ4n) is 6.85. The van der Waals surface area contributed by atoms with Crippen LogP contribution in [0.3, 0.4) is 0 Å². The van der Waals surface area contributed by atoms with E-state index in [-0.39, 0.29) is 0 Å². The summed E-state index contributed by atoms with van der Waals surface area (Å²) in [4.78, 5) is 4.49. The lowest BCUT2D eigenvalue weighted by Gasteiger charge is -2.61. The lowest BCUT2D eigenvalue weighted by Crippen LogP contribution is -2.58. The molecule has 5 nitrogen and oxygen atoms in total. The van der Waals surface area contributed by atoms with Gasteiger partial charge >= 0.3 is 0 Å². The minimum absolute atomic E-state index is 0.377. The molecule has 0 amide bonds. The molecule has 5 heteroatoms. The molecule has 0 aromatic rings. The van der Waals surface area contributed by atoms with E-state index < -0.39 is 6.35 Å². The third-order valence-electron chi connectivity index (χ3n) is 8.74. The molecular weight excluding hydrogens is 336 g/mol. The molecule has 0 aromatic carbocycles. The molecule has 158 valence electrons. The van der Waals surface area contributed by atoms with Crippen molar-refractivity contribution in [3.63, 3.8) is 0 Å². The number of likely N-dealkylation sites (N-methyl/N-ethyl adjacent to an activating group) is 1. The Bertz CT molecular complexity index is 491. The molecule has 3 aliphatic rings. The lowest BCUT2D eigenvalue weighted by molar-refractivity contribution is -0.117. The average molecular weight is 381 g/mol. The van der Waals surface area contributed by atoms with Crippen LogP contribution >= 0.6 is 0 Å². The first-order valence-electron chi connectivity index (χ1n) is 11.2. The highest BCUT2D eigenvalue weighted by atomic mass is 16.3. The summed E-state index contributed by atoms with van der Waals surface area (Å²) in [5.74, 6) is 2.52. The third-order valence-corrected chi connectivity index (χ3v) is 8.74. The van der Waals surface area contributed by atoms with E-state index in [2.05, 4.69) is 49.9 Å². The van der Waals surface area contributed by atoms with Crippen LogP contribution in [-0.2, 0) is 0 Å². The molecule has 3 rings (SSSR count). The maximum Gasteiger partial charge on any atom is 0.163 e. The smallest absolute Gasteiger partial charge is 0.163 e. The fraction of sp³-hybridized carbons (Fsp3) is 1.00. The van der Waals surface area contributed by atoms with Crippen LogP contribution < -0.4 is 11.1 Å². The minimum Gasteiger partial charge on any atom is -0.365 e. The van der Waals surface area contributed by atoms with E-state index in [4.69, 9.17) is 5.73 Å². The van der Waals surface area contributed by atoms with Gasteiger partial charge in [0.15, 0.2) is 6.35 Å². The van der Waals surface area contributed by atoms with Crippen molar-refractivity contribution in [2.75, 3.05) is 46.3 Å². The number of rotatable bonds is 5. The highest BCUT2D eigenvalue weighted by molar-refractivity contribution is 5.05. The van der Waals surface area contributed by atoms with Crippen molar-refractivity contribution in [1.82, 2.24) is 15.1 Å².